The van der Waals surface area contributed by atoms with Gasteiger partial charge in [0.25, 0.3) is 0 Å². The molecule has 0 saturated heterocycles. The third kappa shape index (κ3) is 4.84. The normalized spacial score (nSPS) is 18.5. The number of hydrogen-bond donors (Lipinski definition) is 2. The number of aromatic nitrogens is 1. The fourth-order valence-electron chi connectivity index (χ4n) is 4.39. The molecule has 180 valence electrons. The van der Waals surface area contributed by atoms with Gasteiger partial charge in [0.05, 0.1) is 17.9 Å². The van der Waals surface area contributed by atoms with Gasteiger partial charge in [-0.2, -0.15) is 0 Å². The van der Waals surface area contributed by atoms with Crippen LogP contribution in [0.25, 0.3) is 22.6 Å². The molecule has 34 heavy (non-hydrogen) atoms. The highest BCUT2D eigenvalue weighted by Crippen LogP contribution is 2.42. The first-order chi connectivity index (χ1) is 16.2. The molecule has 1 amide bonds. The van der Waals surface area contributed by atoms with Crippen LogP contribution in [0.4, 0.5) is 0 Å². The van der Waals surface area contributed by atoms with E-state index in [1.165, 1.54) is 19.2 Å². The summed E-state index contributed by atoms with van der Waals surface area (Å²) in [6, 6.07) is 13.4. The molecule has 1 heterocycles. The SMILES string of the molecule is COc1ccc(-c2nc(C3CCCCC3C(=O)N(C)O)oc2-c2ccc(S(N)(=O)=O)cc2)cc1. The van der Waals surface area contributed by atoms with Gasteiger partial charge in [-0.15, -0.1) is 0 Å². The summed E-state index contributed by atoms with van der Waals surface area (Å²) in [5, 5.41) is 15.6. The zero-order chi connectivity index (χ0) is 24.5. The molecule has 10 heteroatoms. The Morgan fingerprint density at radius 2 is 1.71 bits per heavy atom. The predicted molar refractivity (Wildman–Crippen MR) is 125 cm³/mol. The maximum absolute atomic E-state index is 12.6. The first-order valence-electron chi connectivity index (χ1n) is 10.9. The molecule has 3 aromatic rings. The molecule has 1 fully saturated rings. The van der Waals surface area contributed by atoms with Gasteiger partial charge in [0, 0.05) is 24.1 Å². The lowest BCUT2D eigenvalue weighted by Gasteiger charge is -2.29. The average Bonchev–Trinajstić information content (AvgIpc) is 3.28. The number of oxazole rings is 1. The van der Waals surface area contributed by atoms with Crippen molar-refractivity contribution >= 4 is 15.9 Å². The van der Waals surface area contributed by atoms with Crippen LogP contribution < -0.4 is 9.88 Å². The standard InChI is InChI=1S/C24H27N3O6S/c1-27(29)24(28)20-6-4-3-5-19(20)23-26-21(15-7-11-17(32-2)12-8-15)22(33-23)16-9-13-18(14-10-16)34(25,30)31/h7-14,19-20,29H,3-6H2,1-2H3,(H2,25,30,31). The van der Waals surface area contributed by atoms with Crippen LogP contribution in [0.3, 0.4) is 0 Å². The van der Waals surface area contributed by atoms with E-state index in [1.54, 1.807) is 19.2 Å². The number of carbonyl (C=O) groups excluding carboxylic acids is 1. The highest BCUT2D eigenvalue weighted by Gasteiger charge is 2.37. The van der Waals surface area contributed by atoms with Crippen LogP contribution in [-0.4, -0.2) is 43.7 Å². The van der Waals surface area contributed by atoms with Gasteiger partial charge < -0.3 is 9.15 Å². The van der Waals surface area contributed by atoms with Gasteiger partial charge in [-0.05, 0) is 61.4 Å². The van der Waals surface area contributed by atoms with Crippen LogP contribution in [0.5, 0.6) is 5.75 Å². The van der Waals surface area contributed by atoms with Gasteiger partial charge in [0.15, 0.2) is 11.7 Å². The molecule has 0 aliphatic heterocycles. The zero-order valence-electron chi connectivity index (χ0n) is 19.0. The summed E-state index contributed by atoms with van der Waals surface area (Å²) in [5.74, 6) is 0.462. The number of carbonyl (C=O) groups is 1. The summed E-state index contributed by atoms with van der Waals surface area (Å²) in [7, 11) is -0.927. The van der Waals surface area contributed by atoms with E-state index in [4.69, 9.17) is 19.3 Å². The van der Waals surface area contributed by atoms with E-state index in [9.17, 15) is 18.4 Å². The molecule has 0 radical (unpaired) electrons. The summed E-state index contributed by atoms with van der Waals surface area (Å²) < 4.78 is 34.8. The van der Waals surface area contributed by atoms with Crippen LogP contribution in [0.15, 0.2) is 57.8 Å². The number of primary sulfonamides is 1. The molecule has 0 spiro atoms. The van der Waals surface area contributed by atoms with Crippen molar-refractivity contribution in [2.75, 3.05) is 14.2 Å². The topological polar surface area (TPSA) is 136 Å². The van der Waals surface area contributed by atoms with Crippen molar-refractivity contribution in [2.45, 2.75) is 36.5 Å². The number of hydrogen-bond acceptors (Lipinski definition) is 7. The quantitative estimate of drug-likeness (QED) is 0.400. The number of amides is 1. The predicted octanol–water partition coefficient (Wildman–Crippen LogP) is 3.79. The highest BCUT2D eigenvalue weighted by atomic mass is 32.2. The van der Waals surface area contributed by atoms with Gasteiger partial charge in [-0.3, -0.25) is 10.0 Å². The van der Waals surface area contributed by atoms with Crippen LogP contribution in [0.1, 0.15) is 37.5 Å². The summed E-state index contributed by atoms with van der Waals surface area (Å²) in [4.78, 5) is 17.4. The molecule has 2 unspecified atom stereocenters. The lowest BCUT2D eigenvalue weighted by Crippen LogP contribution is -2.35. The Kier molecular flexibility index (Phi) is 6.74. The third-order valence-electron chi connectivity index (χ3n) is 6.17. The minimum absolute atomic E-state index is 0.00842. The van der Waals surface area contributed by atoms with Crippen LogP contribution in [0.2, 0.25) is 0 Å². The first-order valence-corrected chi connectivity index (χ1v) is 12.5. The van der Waals surface area contributed by atoms with Crippen molar-refractivity contribution in [3.63, 3.8) is 0 Å². The molecular weight excluding hydrogens is 458 g/mol. The van der Waals surface area contributed by atoms with Gasteiger partial charge in [-0.1, -0.05) is 12.8 Å². The van der Waals surface area contributed by atoms with Crippen LogP contribution in [-0.2, 0) is 14.8 Å². The molecule has 1 aromatic heterocycles. The molecule has 1 aliphatic carbocycles. The monoisotopic (exact) mass is 485 g/mol. The Bertz CT molecular complexity index is 1270. The molecule has 3 N–H and O–H groups in total. The Morgan fingerprint density at radius 3 is 2.29 bits per heavy atom. The summed E-state index contributed by atoms with van der Waals surface area (Å²) >= 11 is 0. The summed E-state index contributed by atoms with van der Waals surface area (Å²) in [6.45, 7) is 0. The van der Waals surface area contributed by atoms with Gasteiger partial charge in [0.2, 0.25) is 15.9 Å². The summed E-state index contributed by atoms with van der Waals surface area (Å²) in [5.41, 5.74) is 1.96. The molecule has 0 bridgehead atoms. The lowest BCUT2D eigenvalue weighted by atomic mass is 9.78. The molecule has 9 nitrogen and oxygen atoms in total. The van der Waals surface area contributed by atoms with E-state index < -0.39 is 15.9 Å². The second-order valence-corrected chi connectivity index (χ2v) is 9.95. The van der Waals surface area contributed by atoms with Crippen molar-refractivity contribution in [3.05, 3.63) is 54.4 Å². The maximum Gasteiger partial charge on any atom is 0.249 e. The summed E-state index contributed by atoms with van der Waals surface area (Å²) in [6.07, 6.45) is 3.14. The van der Waals surface area contributed by atoms with Crippen molar-refractivity contribution in [1.29, 1.82) is 0 Å². The average molecular weight is 486 g/mol. The van der Waals surface area contributed by atoms with E-state index in [0.29, 0.717) is 46.6 Å². The molecule has 1 aliphatic rings. The molecule has 2 aromatic carbocycles. The highest BCUT2D eigenvalue weighted by molar-refractivity contribution is 7.89. The van der Waals surface area contributed by atoms with E-state index in [-0.39, 0.29) is 16.7 Å². The van der Waals surface area contributed by atoms with Crippen molar-refractivity contribution in [2.24, 2.45) is 11.1 Å². The zero-order valence-corrected chi connectivity index (χ0v) is 19.8. The Labute approximate surface area is 198 Å². The number of sulfonamides is 1. The lowest BCUT2D eigenvalue weighted by molar-refractivity contribution is -0.166. The minimum Gasteiger partial charge on any atom is -0.497 e. The largest absolute Gasteiger partial charge is 0.497 e. The van der Waals surface area contributed by atoms with E-state index in [1.807, 2.05) is 24.3 Å². The minimum atomic E-state index is -3.83. The molecule has 4 rings (SSSR count). The molecule has 1 saturated carbocycles. The van der Waals surface area contributed by atoms with Gasteiger partial charge >= 0.3 is 0 Å². The van der Waals surface area contributed by atoms with Gasteiger partial charge in [0.1, 0.15) is 11.4 Å². The fraction of sp³-hybridized carbons (Fsp3) is 0.333. The van der Waals surface area contributed by atoms with Gasteiger partial charge in [-0.25, -0.2) is 23.6 Å². The third-order valence-corrected chi connectivity index (χ3v) is 7.10. The number of ether oxygens (including phenoxy) is 1. The number of hydroxylamine groups is 2. The van der Waals surface area contributed by atoms with Crippen LogP contribution >= 0.6 is 0 Å². The maximum atomic E-state index is 12.6. The fourth-order valence-corrected chi connectivity index (χ4v) is 4.91. The molecular formula is C24H27N3O6S. The van der Waals surface area contributed by atoms with Crippen molar-refractivity contribution in [3.8, 4) is 28.3 Å². The van der Waals surface area contributed by atoms with E-state index in [0.717, 1.165) is 18.4 Å². The van der Waals surface area contributed by atoms with Crippen LogP contribution in [0, 0.1) is 5.92 Å². The Hall–Kier alpha value is -3.21. The molecule has 2 atom stereocenters. The second-order valence-electron chi connectivity index (χ2n) is 8.39. The van der Waals surface area contributed by atoms with E-state index >= 15 is 0 Å². The number of nitrogens with zero attached hydrogens (tertiary/aromatic N) is 2. The Balaban J connectivity index is 1.81. The second kappa shape index (κ2) is 9.57. The number of nitrogens with two attached hydrogens (primary N) is 1. The first kappa shape index (κ1) is 23.9. The number of benzene rings is 2. The number of rotatable bonds is 6. The smallest absolute Gasteiger partial charge is 0.249 e. The number of methoxy groups -OCH3 is 1. The van der Waals surface area contributed by atoms with E-state index in [2.05, 4.69) is 0 Å². The van der Waals surface area contributed by atoms with Crippen molar-refractivity contribution < 1.29 is 27.6 Å². The van der Waals surface area contributed by atoms with Crippen molar-refractivity contribution in [1.82, 2.24) is 10.0 Å². The Morgan fingerprint density at radius 1 is 1.09 bits per heavy atom.